The van der Waals surface area contributed by atoms with Crippen molar-refractivity contribution in [3.63, 3.8) is 0 Å². The van der Waals surface area contributed by atoms with Gasteiger partial charge in [-0.1, -0.05) is 47.6 Å². The predicted octanol–water partition coefficient (Wildman–Crippen LogP) is 3.85. The third-order valence-electron chi connectivity index (χ3n) is 2.10. The molecule has 1 aromatic rings. The lowest BCUT2D eigenvalue weighted by Gasteiger charge is -2.09. The average Bonchev–Trinajstić information content (AvgIpc) is 2.33. The van der Waals surface area contributed by atoms with Gasteiger partial charge in [0.15, 0.2) is 9.84 Å². The molecule has 0 saturated carbocycles. The van der Waals surface area contributed by atoms with Crippen LogP contribution >= 0.6 is 0 Å². The Morgan fingerprint density at radius 1 is 1.06 bits per heavy atom. The maximum atomic E-state index is 11.3. The number of sulfone groups is 1. The molecule has 0 aliphatic heterocycles. The summed E-state index contributed by atoms with van der Waals surface area (Å²) in [7, 11) is -3.21. The van der Waals surface area contributed by atoms with Crippen molar-refractivity contribution in [1.82, 2.24) is 0 Å². The number of hydrogen-bond acceptors (Lipinski definition) is 3. The molecule has 1 aromatic carbocycles. The van der Waals surface area contributed by atoms with Gasteiger partial charge in [0.25, 0.3) is 0 Å². The zero-order valence-electron chi connectivity index (χ0n) is 12.6. The van der Waals surface area contributed by atoms with Crippen LogP contribution in [-0.4, -0.2) is 14.7 Å². The Kier molecular flexibility index (Phi) is 9.63. The second-order valence-electron chi connectivity index (χ2n) is 3.72. The van der Waals surface area contributed by atoms with Gasteiger partial charge in [-0.15, -0.1) is 0 Å². The normalized spacial score (nSPS) is 10.0. The Bertz CT molecular complexity index is 437. The van der Waals surface area contributed by atoms with Crippen molar-refractivity contribution in [2.75, 3.05) is 12.0 Å². The van der Waals surface area contributed by atoms with Crippen LogP contribution in [0.25, 0.3) is 0 Å². The maximum Gasteiger partial charge on any atom is 0.177 e. The van der Waals surface area contributed by atoms with Crippen LogP contribution in [0.5, 0.6) is 0 Å². The summed E-state index contributed by atoms with van der Waals surface area (Å²) in [4.78, 5) is 0.226. The third kappa shape index (κ3) is 6.05. The van der Waals surface area contributed by atoms with Gasteiger partial charge in [-0.2, -0.15) is 0 Å². The van der Waals surface area contributed by atoms with Crippen molar-refractivity contribution >= 4 is 15.5 Å². The fraction of sp³-hybridized carbons (Fsp3) is 0.571. The van der Waals surface area contributed by atoms with Gasteiger partial charge in [-0.3, -0.25) is 0 Å². The van der Waals surface area contributed by atoms with Crippen LogP contribution in [0.2, 0.25) is 0 Å². The molecular formula is C14H27NO2S. The molecule has 0 aliphatic rings. The smallest absolute Gasteiger partial charge is 0.177 e. The number of nitrogen functional groups attached to an aromatic ring is 1. The zero-order valence-corrected chi connectivity index (χ0v) is 13.4. The maximum absolute atomic E-state index is 11.3. The molecule has 0 fully saturated rings. The number of benzene rings is 1. The van der Waals surface area contributed by atoms with Crippen LogP contribution in [0.15, 0.2) is 23.1 Å². The molecule has 106 valence electrons. The van der Waals surface area contributed by atoms with E-state index in [2.05, 4.69) is 0 Å². The highest BCUT2D eigenvalue weighted by Crippen LogP contribution is 2.23. The number of hydrogen-bond donors (Lipinski definition) is 1. The summed E-state index contributed by atoms with van der Waals surface area (Å²) in [5.74, 6) is 0.302. The first-order valence-corrected chi connectivity index (χ1v) is 8.31. The van der Waals surface area contributed by atoms with E-state index in [9.17, 15) is 8.42 Å². The first-order valence-electron chi connectivity index (χ1n) is 6.42. The zero-order chi connectivity index (χ0) is 14.9. The highest BCUT2D eigenvalue weighted by molar-refractivity contribution is 7.90. The summed E-state index contributed by atoms with van der Waals surface area (Å²) in [5.41, 5.74) is 6.90. The summed E-state index contributed by atoms with van der Waals surface area (Å²) in [6, 6.07) is 5.15. The van der Waals surface area contributed by atoms with Gasteiger partial charge < -0.3 is 5.73 Å². The van der Waals surface area contributed by atoms with E-state index in [1.54, 1.807) is 12.1 Å². The molecule has 0 radical (unpaired) electrons. The van der Waals surface area contributed by atoms with Gasteiger partial charge >= 0.3 is 0 Å². The fourth-order valence-electron chi connectivity index (χ4n) is 1.23. The van der Waals surface area contributed by atoms with E-state index in [0.717, 1.165) is 5.56 Å². The minimum atomic E-state index is -3.21. The summed E-state index contributed by atoms with van der Waals surface area (Å²) < 4.78 is 22.7. The highest BCUT2D eigenvalue weighted by Gasteiger charge is 2.12. The molecule has 2 N–H and O–H groups in total. The average molecular weight is 273 g/mol. The van der Waals surface area contributed by atoms with Crippen molar-refractivity contribution < 1.29 is 8.42 Å². The molecule has 18 heavy (non-hydrogen) atoms. The second kappa shape index (κ2) is 8.97. The van der Waals surface area contributed by atoms with E-state index >= 15 is 0 Å². The topological polar surface area (TPSA) is 60.2 Å². The minimum absolute atomic E-state index is 0.226. The number of rotatable bonds is 2. The first-order chi connectivity index (χ1) is 8.32. The summed E-state index contributed by atoms with van der Waals surface area (Å²) in [5, 5.41) is 0. The minimum Gasteiger partial charge on any atom is -0.398 e. The van der Waals surface area contributed by atoms with Gasteiger partial charge in [0.2, 0.25) is 0 Å². The molecule has 0 bridgehead atoms. The van der Waals surface area contributed by atoms with E-state index in [1.165, 1.54) is 6.26 Å². The lowest BCUT2D eigenvalue weighted by molar-refractivity contribution is 0.602. The molecule has 0 aliphatic carbocycles. The number of anilines is 1. The Hall–Kier alpha value is -1.03. The van der Waals surface area contributed by atoms with E-state index in [1.807, 2.05) is 47.6 Å². The molecule has 0 amide bonds. The largest absolute Gasteiger partial charge is 0.398 e. The Morgan fingerprint density at radius 3 is 1.83 bits per heavy atom. The lowest BCUT2D eigenvalue weighted by atomic mass is 10.0. The molecule has 3 nitrogen and oxygen atoms in total. The molecule has 0 atom stereocenters. The monoisotopic (exact) mass is 273 g/mol. The Labute approximate surface area is 112 Å². The van der Waals surface area contributed by atoms with E-state index < -0.39 is 9.84 Å². The molecule has 0 heterocycles. The quantitative estimate of drug-likeness (QED) is 0.833. The van der Waals surface area contributed by atoms with Crippen molar-refractivity contribution in [2.45, 2.75) is 52.4 Å². The second-order valence-corrected chi connectivity index (χ2v) is 5.71. The summed E-state index contributed by atoms with van der Waals surface area (Å²) in [6.45, 7) is 12.0. The van der Waals surface area contributed by atoms with E-state index in [-0.39, 0.29) is 4.90 Å². The summed E-state index contributed by atoms with van der Waals surface area (Å²) >= 11 is 0. The van der Waals surface area contributed by atoms with E-state index in [0.29, 0.717) is 11.6 Å². The van der Waals surface area contributed by atoms with Gasteiger partial charge in [-0.25, -0.2) is 8.42 Å². The van der Waals surface area contributed by atoms with Crippen LogP contribution in [0.4, 0.5) is 5.69 Å². The fourth-order valence-corrected chi connectivity index (χ4v) is 2.08. The third-order valence-corrected chi connectivity index (χ3v) is 3.26. The highest BCUT2D eigenvalue weighted by atomic mass is 32.2. The van der Waals surface area contributed by atoms with Gasteiger partial charge in [0, 0.05) is 6.26 Å². The van der Waals surface area contributed by atoms with Gasteiger partial charge in [0.05, 0.1) is 10.6 Å². The van der Waals surface area contributed by atoms with Gasteiger partial charge in [-0.05, 0) is 23.6 Å². The Balaban J connectivity index is 0. The van der Waals surface area contributed by atoms with Crippen molar-refractivity contribution in [1.29, 1.82) is 0 Å². The number of nitrogens with two attached hydrogens (primary N) is 1. The Morgan fingerprint density at radius 2 is 1.50 bits per heavy atom. The summed E-state index contributed by atoms with van der Waals surface area (Å²) in [6.07, 6.45) is 1.17. The molecule has 4 heteroatoms. The molecule has 0 unspecified atom stereocenters. The lowest BCUT2D eigenvalue weighted by Crippen LogP contribution is -2.03. The molecule has 0 saturated heterocycles. The van der Waals surface area contributed by atoms with Gasteiger partial charge in [0.1, 0.15) is 0 Å². The molecule has 0 aromatic heterocycles. The van der Waals surface area contributed by atoms with Crippen LogP contribution in [0.3, 0.4) is 0 Å². The standard InChI is InChI=1S/C10H15NO2S.2C2H6/c1-7(2)8-4-5-9(11)10(6-8)14(3,12)13;2*1-2/h4-7H,11H2,1-3H3;2*1-2H3. The van der Waals surface area contributed by atoms with Crippen LogP contribution < -0.4 is 5.73 Å². The van der Waals surface area contributed by atoms with Crippen molar-refractivity contribution in [3.8, 4) is 0 Å². The van der Waals surface area contributed by atoms with Crippen molar-refractivity contribution in [3.05, 3.63) is 23.8 Å². The molecular weight excluding hydrogens is 246 g/mol. The molecule has 0 spiro atoms. The van der Waals surface area contributed by atoms with E-state index in [4.69, 9.17) is 5.73 Å². The van der Waals surface area contributed by atoms with Crippen LogP contribution in [0.1, 0.15) is 53.0 Å². The predicted molar refractivity (Wildman–Crippen MR) is 80.7 cm³/mol. The van der Waals surface area contributed by atoms with Crippen LogP contribution in [-0.2, 0) is 9.84 Å². The first kappa shape index (κ1) is 19.3. The van der Waals surface area contributed by atoms with Crippen molar-refractivity contribution in [2.24, 2.45) is 0 Å². The SMILES string of the molecule is CC.CC.CC(C)c1ccc(N)c(S(C)(=O)=O)c1. The van der Waals surface area contributed by atoms with Crippen LogP contribution in [0, 0.1) is 0 Å². The molecule has 1 rings (SSSR count).